The summed E-state index contributed by atoms with van der Waals surface area (Å²) >= 11 is 18.5. The first-order valence-electron chi connectivity index (χ1n) is 5.37. The fourth-order valence-electron chi connectivity index (χ4n) is 1.36. The normalized spacial score (nSPS) is 11.4. The minimum absolute atomic E-state index is 0.189. The first kappa shape index (κ1) is 16.3. The van der Waals surface area contributed by atoms with Gasteiger partial charge < -0.3 is 5.32 Å². The smallest absolute Gasteiger partial charge is 0.252 e. The van der Waals surface area contributed by atoms with Gasteiger partial charge in [0.15, 0.2) is 0 Å². The van der Waals surface area contributed by atoms with Crippen molar-refractivity contribution in [3.63, 3.8) is 0 Å². The standard InChI is InChI=1S/C12H13Br2Cl2NO/c1-2-12(6-15,7-16)17-11(18)9-5-8(13)3-4-10(9)14/h3-5H,2,6-7H2,1H3,(H,17,18). The highest BCUT2D eigenvalue weighted by Crippen LogP contribution is 2.23. The molecule has 0 saturated heterocycles. The Kier molecular flexibility index (Phi) is 6.45. The van der Waals surface area contributed by atoms with Gasteiger partial charge in [0, 0.05) is 20.7 Å². The molecule has 0 aliphatic rings. The van der Waals surface area contributed by atoms with Crippen LogP contribution in [0.4, 0.5) is 0 Å². The molecule has 2 nitrogen and oxygen atoms in total. The topological polar surface area (TPSA) is 29.1 Å². The third kappa shape index (κ3) is 3.86. The second-order valence-electron chi connectivity index (χ2n) is 3.98. The van der Waals surface area contributed by atoms with Gasteiger partial charge in [-0.3, -0.25) is 4.79 Å². The van der Waals surface area contributed by atoms with E-state index in [4.69, 9.17) is 23.2 Å². The second-order valence-corrected chi connectivity index (χ2v) is 6.28. The van der Waals surface area contributed by atoms with Crippen molar-refractivity contribution in [2.75, 3.05) is 11.8 Å². The first-order chi connectivity index (χ1) is 8.48. The Bertz CT molecular complexity index is 428. The van der Waals surface area contributed by atoms with E-state index < -0.39 is 5.54 Å². The quantitative estimate of drug-likeness (QED) is 0.699. The van der Waals surface area contributed by atoms with Gasteiger partial charge in [0.2, 0.25) is 0 Å². The molecule has 0 bridgehead atoms. The number of rotatable bonds is 5. The van der Waals surface area contributed by atoms with E-state index in [1.165, 1.54) is 0 Å². The molecule has 1 aromatic rings. The van der Waals surface area contributed by atoms with Crippen molar-refractivity contribution in [2.45, 2.75) is 18.9 Å². The fraction of sp³-hybridized carbons (Fsp3) is 0.417. The molecule has 0 saturated carbocycles. The number of hydrogen-bond donors (Lipinski definition) is 1. The maximum atomic E-state index is 12.2. The summed E-state index contributed by atoms with van der Waals surface area (Å²) < 4.78 is 1.58. The van der Waals surface area contributed by atoms with E-state index >= 15 is 0 Å². The molecule has 18 heavy (non-hydrogen) atoms. The molecule has 0 unspecified atom stereocenters. The molecule has 0 heterocycles. The molecule has 0 aromatic heterocycles. The summed E-state index contributed by atoms with van der Waals surface area (Å²) in [5.74, 6) is 0.376. The molecule has 6 heteroatoms. The Morgan fingerprint density at radius 1 is 1.33 bits per heavy atom. The summed E-state index contributed by atoms with van der Waals surface area (Å²) in [4.78, 5) is 12.2. The lowest BCUT2D eigenvalue weighted by atomic mass is 10.0. The van der Waals surface area contributed by atoms with Gasteiger partial charge in [-0.1, -0.05) is 22.9 Å². The molecule has 0 aliphatic carbocycles. The zero-order chi connectivity index (χ0) is 13.8. The van der Waals surface area contributed by atoms with Gasteiger partial charge in [-0.2, -0.15) is 0 Å². The van der Waals surface area contributed by atoms with Crippen LogP contribution < -0.4 is 5.32 Å². The second kappa shape index (κ2) is 7.13. The third-order valence-corrected chi connectivity index (χ3v) is 4.95. The van der Waals surface area contributed by atoms with Crippen molar-refractivity contribution in [1.29, 1.82) is 0 Å². The number of amides is 1. The molecule has 1 N–H and O–H groups in total. The van der Waals surface area contributed by atoms with Crippen molar-refractivity contribution < 1.29 is 4.79 Å². The largest absolute Gasteiger partial charge is 0.344 e. The molecular formula is C12H13Br2Cl2NO. The van der Waals surface area contributed by atoms with Crippen LogP contribution in [0.3, 0.4) is 0 Å². The van der Waals surface area contributed by atoms with Gasteiger partial charge in [0.1, 0.15) is 0 Å². The maximum absolute atomic E-state index is 12.2. The number of carbonyl (C=O) groups is 1. The molecular weight excluding hydrogens is 405 g/mol. The van der Waals surface area contributed by atoms with Crippen LogP contribution in [0.1, 0.15) is 23.7 Å². The van der Waals surface area contributed by atoms with E-state index in [1.54, 1.807) is 6.07 Å². The molecule has 1 amide bonds. The lowest BCUT2D eigenvalue weighted by Gasteiger charge is -2.29. The maximum Gasteiger partial charge on any atom is 0.252 e. The van der Waals surface area contributed by atoms with E-state index in [9.17, 15) is 4.79 Å². The Morgan fingerprint density at radius 2 is 1.94 bits per heavy atom. The monoisotopic (exact) mass is 415 g/mol. The van der Waals surface area contributed by atoms with E-state index in [-0.39, 0.29) is 17.7 Å². The van der Waals surface area contributed by atoms with E-state index in [2.05, 4.69) is 37.2 Å². The molecule has 0 fully saturated rings. The average molecular weight is 418 g/mol. The molecule has 0 radical (unpaired) electrons. The van der Waals surface area contributed by atoms with Crippen LogP contribution in [0.25, 0.3) is 0 Å². The lowest BCUT2D eigenvalue weighted by molar-refractivity contribution is 0.0912. The van der Waals surface area contributed by atoms with E-state index in [1.807, 2.05) is 19.1 Å². The zero-order valence-corrected chi connectivity index (χ0v) is 14.5. The third-order valence-electron chi connectivity index (χ3n) is 2.74. The van der Waals surface area contributed by atoms with Crippen LogP contribution >= 0.6 is 55.1 Å². The SMILES string of the molecule is CCC(CCl)(CCl)NC(=O)c1cc(Br)ccc1Br. The number of carbonyl (C=O) groups excluding carboxylic acids is 1. The van der Waals surface area contributed by atoms with Gasteiger partial charge in [0.05, 0.1) is 11.1 Å². The molecule has 1 rings (SSSR count). The number of alkyl halides is 2. The summed E-state index contributed by atoms with van der Waals surface area (Å²) in [7, 11) is 0. The molecule has 0 spiro atoms. The van der Waals surface area contributed by atoms with Gasteiger partial charge >= 0.3 is 0 Å². The summed E-state index contributed by atoms with van der Waals surface area (Å²) in [5, 5.41) is 2.91. The number of benzene rings is 1. The minimum Gasteiger partial charge on any atom is -0.344 e. The summed E-state index contributed by atoms with van der Waals surface area (Å²) in [6, 6.07) is 5.42. The highest BCUT2D eigenvalue weighted by Gasteiger charge is 2.29. The van der Waals surface area contributed by atoms with Crippen molar-refractivity contribution >= 4 is 61.0 Å². The summed E-state index contributed by atoms with van der Waals surface area (Å²) in [6.45, 7) is 1.95. The lowest BCUT2D eigenvalue weighted by Crippen LogP contribution is -2.51. The van der Waals surface area contributed by atoms with Crippen molar-refractivity contribution in [3.8, 4) is 0 Å². The fourth-order valence-corrected chi connectivity index (χ4v) is 2.94. The predicted molar refractivity (Wildman–Crippen MR) is 83.8 cm³/mol. The summed E-state index contributed by atoms with van der Waals surface area (Å²) in [5.41, 5.74) is -0.0143. The zero-order valence-electron chi connectivity index (χ0n) is 9.77. The molecule has 100 valence electrons. The Hall–Kier alpha value is 0.230. The number of hydrogen-bond acceptors (Lipinski definition) is 1. The Balaban J connectivity index is 2.97. The van der Waals surface area contributed by atoms with Crippen LogP contribution in [0.2, 0.25) is 0 Å². The van der Waals surface area contributed by atoms with E-state index in [0.29, 0.717) is 12.0 Å². The van der Waals surface area contributed by atoms with Crippen LogP contribution in [-0.2, 0) is 0 Å². The van der Waals surface area contributed by atoms with Gasteiger partial charge in [-0.05, 0) is 40.5 Å². The highest BCUT2D eigenvalue weighted by molar-refractivity contribution is 9.11. The van der Waals surface area contributed by atoms with Crippen LogP contribution in [0.5, 0.6) is 0 Å². The average Bonchev–Trinajstić information content (AvgIpc) is 2.38. The molecule has 0 atom stereocenters. The van der Waals surface area contributed by atoms with Crippen LogP contribution in [-0.4, -0.2) is 23.2 Å². The van der Waals surface area contributed by atoms with E-state index in [0.717, 1.165) is 8.95 Å². The van der Waals surface area contributed by atoms with Crippen LogP contribution in [0, 0.1) is 0 Å². The molecule has 0 aliphatic heterocycles. The van der Waals surface area contributed by atoms with Gasteiger partial charge in [0.25, 0.3) is 5.91 Å². The van der Waals surface area contributed by atoms with Gasteiger partial charge in [-0.15, -0.1) is 23.2 Å². The van der Waals surface area contributed by atoms with Gasteiger partial charge in [-0.25, -0.2) is 0 Å². The predicted octanol–water partition coefficient (Wildman–Crippen LogP) is 4.57. The molecule has 1 aromatic carbocycles. The van der Waals surface area contributed by atoms with Crippen molar-refractivity contribution in [2.24, 2.45) is 0 Å². The summed E-state index contributed by atoms with van der Waals surface area (Å²) in [6.07, 6.45) is 0.678. The Labute approximate surface area is 134 Å². The van der Waals surface area contributed by atoms with Crippen molar-refractivity contribution in [1.82, 2.24) is 5.32 Å². The minimum atomic E-state index is -0.568. The number of halogens is 4. The van der Waals surface area contributed by atoms with Crippen molar-refractivity contribution in [3.05, 3.63) is 32.7 Å². The number of nitrogens with one attached hydrogen (secondary N) is 1. The van der Waals surface area contributed by atoms with Crippen LogP contribution in [0.15, 0.2) is 27.1 Å². The highest BCUT2D eigenvalue weighted by atomic mass is 79.9. The first-order valence-corrected chi connectivity index (χ1v) is 8.03. The Morgan fingerprint density at radius 3 is 2.44 bits per heavy atom.